The second-order valence-electron chi connectivity index (χ2n) is 4.99. The number of rotatable bonds is 3. The first-order chi connectivity index (χ1) is 9.22. The first kappa shape index (κ1) is 14.1. The number of Topliss-reactive ketones (excluding diaryl/α,β-unsaturated/α-hetero) is 1. The van der Waals surface area contributed by atoms with Gasteiger partial charge in [-0.3, -0.25) is 14.5 Å². The van der Waals surface area contributed by atoms with E-state index < -0.39 is 41.4 Å². The van der Waals surface area contributed by atoms with Crippen molar-refractivity contribution in [2.24, 2.45) is 0 Å². The van der Waals surface area contributed by atoms with Gasteiger partial charge in [0, 0.05) is 6.07 Å². The molecule has 106 valence electrons. The van der Waals surface area contributed by atoms with Crippen LogP contribution >= 0.6 is 0 Å². The number of urea groups is 1. The molecular formula is C13H12F2N2O3. The minimum absolute atomic E-state index is 0.364. The fourth-order valence-corrected chi connectivity index (χ4v) is 1.91. The molecule has 1 saturated heterocycles. The Morgan fingerprint density at radius 2 is 1.95 bits per heavy atom. The number of amides is 3. The summed E-state index contributed by atoms with van der Waals surface area (Å²) in [5.74, 6) is -3.18. The molecule has 1 aliphatic rings. The molecule has 0 aliphatic carbocycles. The molecule has 20 heavy (non-hydrogen) atoms. The lowest BCUT2D eigenvalue weighted by atomic mass is 10.1. The van der Waals surface area contributed by atoms with Crippen molar-refractivity contribution in [1.82, 2.24) is 10.2 Å². The Morgan fingerprint density at radius 3 is 2.45 bits per heavy atom. The maximum Gasteiger partial charge on any atom is 0.325 e. The number of hydrogen-bond donors (Lipinski definition) is 1. The maximum absolute atomic E-state index is 13.5. The van der Waals surface area contributed by atoms with Crippen molar-refractivity contribution in [2.45, 2.75) is 19.4 Å². The van der Waals surface area contributed by atoms with Crippen molar-refractivity contribution in [1.29, 1.82) is 0 Å². The van der Waals surface area contributed by atoms with Crippen LogP contribution in [0.4, 0.5) is 13.6 Å². The molecule has 0 aromatic heterocycles. The lowest BCUT2D eigenvalue weighted by molar-refractivity contribution is -0.129. The lowest BCUT2D eigenvalue weighted by Crippen LogP contribution is -2.41. The van der Waals surface area contributed by atoms with Gasteiger partial charge in [-0.05, 0) is 26.0 Å². The van der Waals surface area contributed by atoms with Gasteiger partial charge in [-0.2, -0.15) is 0 Å². The van der Waals surface area contributed by atoms with E-state index in [1.807, 2.05) is 0 Å². The monoisotopic (exact) mass is 282 g/mol. The highest BCUT2D eigenvalue weighted by Gasteiger charge is 2.44. The van der Waals surface area contributed by atoms with Crippen molar-refractivity contribution in [3.05, 3.63) is 35.4 Å². The van der Waals surface area contributed by atoms with Crippen LogP contribution in [-0.4, -0.2) is 34.7 Å². The third-order valence-electron chi connectivity index (χ3n) is 2.98. The van der Waals surface area contributed by atoms with Crippen LogP contribution in [0.5, 0.6) is 0 Å². The van der Waals surface area contributed by atoms with Gasteiger partial charge < -0.3 is 5.32 Å². The summed E-state index contributed by atoms with van der Waals surface area (Å²) in [6.45, 7) is 2.41. The Bertz CT molecular complexity index is 614. The van der Waals surface area contributed by atoms with Crippen LogP contribution in [0.25, 0.3) is 0 Å². The smallest absolute Gasteiger partial charge is 0.324 e. The van der Waals surface area contributed by atoms with Gasteiger partial charge in [0.2, 0.25) is 0 Å². The van der Waals surface area contributed by atoms with E-state index in [-0.39, 0.29) is 5.56 Å². The normalized spacial score (nSPS) is 17.3. The molecule has 0 atom stereocenters. The predicted octanol–water partition coefficient (Wildman–Crippen LogP) is 1.48. The molecular weight excluding hydrogens is 270 g/mol. The van der Waals surface area contributed by atoms with Gasteiger partial charge in [0.25, 0.3) is 5.91 Å². The number of hydrogen-bond acceptors (Lipinski definition) is 3. The van der Waals surface area contributed by atoms with E-state index in [1.54, 1.807) is 0 Å². The van der Waals surface area contributed by atoms with Crippen LogP contribution in [0.15, 0.2) is 18.2 Å². The third-order valence-corrected chi connectivity index (χ3v) is 2.98. The van der Waals surface area contributed by atoms with Crippen LogP contribution in [0.1, 0.15) is 24.2 Å². The van der Waals surface area contributed by atoms with Gasteiger partial charge in [0.15, 0.2) is 5.78 Å². The molecule has 7 heteroatoms. The van der Waals surface area contributed by atoms with Crippen molar-refractivity contribution in [3.8, 4) is 0 Å². The zero-order chi connectivity index (χ0) is 15.1. The number of halogens is 2. The molecule has 0 unspecified atom stereocenters. The lowest BCUT2D eigenvalue weighted by Gasteiger charge is -2.15. The molecule has 0 radical (unpaired) electrons. The van der Waals surface area contributed by atoms with Gasteiger partial charge in [0.05, 0.1) is 12.1 Å². The second kappa shape index (κ2) is 4.66. The highest BCUT2D eigenvalue weighted by molar-refractivity contribution is 6.10. The molecule has 2 rings (SSSR count). The molecule has 1 aromatic carbocycles. The number of carbonyl (C=O) groups is 3. The topological polar surface area (TPSA) is 66.5 Å². The molecule has 0 saturated carbocycles. The number of nitrogens with zero attached hydrogens (tertiary/aromatic N) is 1. The van der Waals surface area contributed by atoms with E-state index in [4.69, 9.17) is 0 Å². The highest BCUT2D eigenvalue weighted by atomic mass is 19.1. The Kier molecular flexibility index (Phi) is 3.29. The second-order valence-corrected chi connectivity index (χ2v) is 4.99. The summed E-state index contributed by atoms with van der Waals surface area (Å²) in [5.41, 5.74) is -1.46. The van der Waals surface area contributed by atoms with E-state index in [9.17, 15) is 23.2 Å². The number of imide groups is 1. The summed E-state index contributed by atoms with van der Waals surface area (Å²) in [5, 5.41) is 2.41. The first-order valence-electron chi connectivity index (χ1n) is 5.85. The molecule has 1 aromatic rings. The Labute approximate surface area is 113 Å². The summed E-state index contributed by atoms with van der Waals surface area (Å²) in [4.78, 5) is 36.1. The van der Waals surface area contributed by atoms with E-state index in [0.717, 1.165) is 12.1 Å². The molecule has 1 aliphatic heterocycles. The number of benzene rings is 1. The molecule has 1 heterocycles. The van der Waals surface area contributed by atoms with Crippen LogP contribution in [0.2, 0.25) is 0 Å². The summed E-state index contributed by atoms with van der Waals surface area (Å²) in [6.07, 6.45) is 0. The largest absolute Gasteiger partial charge is 0.325 e. The maximum atomic E-state index is 13.5. The molecule has 1 N–H and O–H groups in total. The standard InChI is InChI=1S/C13H12F2N2O3/c1-13(2)11(19)17(12(20)16-13)6-10(18)8-4-3-7(14)5-9(8)15/h3-5H,6H2,1-2H3,(H,16,20). The number of ketones is 1. The van der Waals surface area contributed by atoms with Gasteiger partial charge in [0.1, 0.15) is 17.2 Å². The average molecular weight is 282 g/mol. The van der Waals surface area contributed by atoms with Crippen molar-refractivity contribution in [2.75, 3.05) is 6.54 Å². The summed E-state index contributed by atoms with van der Waals surface area (Å²) < 4.78 is 26.2. The van der Waals surface area contributed by atoms with Crippen molar-refractivity contribution >= 4 is 17.7 Å². The Morgan fingerprint density at radius 1 is 1.30 bits per heavy atom. The number of nitrogens with one attached hydrogen (secondary N) is 1. The van der Waals surface area contributed by atoms with Gasteiger partial charge in [-0.15, -0.1) is 0 Å². The third kappa shape index (κ3) is 2.38. The van der Waals surface area contributed by atoms with E-state index in [1.165, 1.54) is 13.8 Å². The quantitative estimate of drug-likeness (QED) is 0.674. The molecule has 3 amide bonds. The van der Waals surface area contributed by atoms with Crippen LogP contribution in [0.3, 0.4) is 0 Å². The molecule has 1 fully saturated rings. The Hall–Kier alpha value is -2.31. The number of carbonyl (C=O) groups excluding carboxylic acids is 3. The molecule has 0 bridgehead atoms. The zero-order valence-corrected chi connectivity index (χ0v) is 10.9. The van der Waals surface area contributed by atoms with Gasteiger partial charge >= 0.3 is 6.03 Å². The minimum Gasteiger partial charge on any atom is -0.324 e. The minimum atomic E-state index is -1.10. The Balaban J connectivity index is 2.20. The van der Waals surface area contributed by atoms with Gasteiger partial charge in [-0.25, -0.2) is 13.6 Å². The van der Waals surface area contributed by atoms with Gasteiger partial charge in [-0.1, -0.05) is 0 Å². The van der Waals surface area contributed by atoms with E-state index in [0.29, 0.717) is 11.0 Å². The fraction of sp³-hybridized carbons (Fsp3) is 0.308. The summed E-state index contributed by atoms with van der Waals surface area (Å²) >= 11 is 0. The first-order valence-corrected chi connectivity index (χ1v) is 5.85. The van der Waals surface area contributed by atoms with E-state index in [2.05, 4.69) is 5.32 Å². The fourth-order valence-electron chi connectivity index (χ4n) is 1.91. The van der Waals surface area contributed by atoms with Crippen molar-refractivity contribution < 1.29 is 23.2 Å². The zero-order valence-electron chi connectivity index (χ0n) is 10.9. The summed E-state index contributed by atoms with van der Waals surface area (Å²) in [6, 6.07) is 1.78. The van der Waals surface area contributed by atoms with E-state index >= 15 is 0 Å². The molecule has 5 nitrogen and oxygen atoms in total. The van der Waals surface area contributed by atoms with Crippen LogP contribution in [0, 0.1) is 11.6 Å². The predicted molar refractivity (Wildman–Crippen MR) is 65.0 cm³/mol. The van der Waals surface area contributed by atoms with Crippen LogP contribution < -0.4 is 5.32 Å². The molecule has 0 spiro atoms. The van der Waals surface area contributed by atoms with Crippen molar-refractivity contribution in [3.63, 3.8) is 0 Å². The highest BCUT2D eigenvalue weighted by Crippen LogP contribution is 2.18. The summed E-state index contributed by atoms with van der Waals surface area (Å²) in [7, 11) is 0. The SMILES string of the molecule is CC1(C)NC(=O)N(CC(=O)c2ccc(F)cc2F)C1=O. The average Bonchev–Trinajstić information content (AvgIpc) is 2.51. The van der Waals surface area contributed by atoms with Crippen LogP contribution in [-0.2, 0) is 4.79 Å².